The van der Waals surface area contributed by atoms with Crippen LogP contribution < -0.4 is 14.8 Å². The monoisotopic (exact) mass is 376 g/mol. The molecule has 1 atom stereocenters. The highest BCUT2D eigenvalue weighted by Crippen LogP contribution is 2.30. The van der Waals surface area contributed by atoms with Crippen molar-refractivity contribution in [1.29, 1.82) is 0 Å². The molecule has 0 spiro atoms. The van der Waals surface area contributed by atoms with E-state index in [0.717, 1.165) is 11.1 Å². The lowest BCUT2D eigenvalue weighted by atomic mass is 10.1. The van der Waals surface area contributed by atoms with Gasteiger partial charge < -0.3 is 14.8 Å². The molecular formula is C20H25ClN2O3. The molecule has 2 rings (SSSR count). The number of halogens is 1. The molecule has 0 saturated carbocycles. The molecule has 1 heterocycles. The molecule has 0 aliphatic heterocycles. The van der Waals surface area contributed by atoms with E-state index in [9.17, 15) is 4.79 Å². The molecule has 1 unspecified atom stereocenters. The second kappa shape index (κ2) is 9.43. The minimum Gasteiger partial charge on any atom is -0.493 e. The summed E-state index contributed by atoms with van der Waals surface area (Å²) in [5.74, 6) is 1.71. The van der Waals surface area contributed by atoms with Crippen LogP contribution in [0.4, 0.5) is 0 Å². The average molecular weight is 377 g/mol. The molecule has 1 aromatic carbocycles. The Morgan fingerprint density at radius 3 is 2.58 bits per heavy atom. The molecule has 1 amide bonds. The molecular weight excluding hydrogens is 352 g/mol. The van der Waals surface area contributed by atoms with Crippen LogP contribution in [0.25, 0.3) is 0 Å². The van der Waals surface area contributed by atoms with Crippen LogP contribution in [0, 0.1) is 5.92 Å². The van der Waals surface area contributed by atoms with Gasteiger partial charge in [-0.1, -0.05) is 37.6 Å². The zero-order valence-electron chi connectivity index (χ0n) is 15.6. The first-order valence-electron chi connectivity index (χ1n) is 8.59. The van der Waals surface area contributed by atoms with Crippen molar-refractivity contribution in [2.75, 3.05) is 13.7 Å². The van der Waals surface area contributed by atoms with Gasteiger partial charge in [0, 0.05) is 6.20 Å². The predicted octanol–water partition coefficient (Wildman–Crippen LogP) is 4.20. The third kappa shape index (κ3) is 5.92. The lowest BCUT2D eigenvalue weighted by Gasteiger charge is -2.18. The highest BCUT2D eigenvalue weighted by molar-refractivity contribution is 6.29. The van der Waals surface area contributed by atoms with Gasteiger partial charge in [0.2, 0.25) is 5.91 Å². The molecule has 0 aliphatic carbocycles. The minimum atomic E-state index is -0.157. The van der Waals surface area contributed by atoms with E-state index in [1.807, 2.05) is 25.1 Å². The van der Waals surface area contributed by atoms with Crippen molar-refractivity contribution in [2.24, 2.45) is 5.92 Å². The van der Waals surface area contributed by atoms with E-state index in [4.69, 9.17) is 21.1 Å². The molecule has 0 saturated heterocycles. The fourth-order valence-corrected chi connectivity index (χ4v) is 2.51. The molecule has 2 aromatic rings. The zero-order valence-corrected chi connectivity index (χ0v) is 16.3. The largest absolute Gasteiger partial charge is 0.493 e. The molecule has 0 aliphatic rings. The summed E-state index contributed by atoms with van der Waals surface area (Å²) < 4.78 is 11.2. The van der Waals surface area contributed by atoms with E-state index < -0.39 is 0 Å². The third-order valence-electron chi connectivity index (χ3n) is 3.79. The van der Waals surface area contributed by atoms with Crippen LogP contribution in [-0.4, -0.2) is 24.6 Å². The fourth-order valence-electron chi connectivity index (χ4n) is 2.40. The van der Waals surface area contributed by atoms with E-state index >= 15 is 0 Å². The standard InChI is InChI=1S/C20H25ClN2O3/c1-13(2)12-26-17-7-6-16(10-18(17)25-4)14(3)23-20(24)9-15-5-8-19(21)22-11-15/h5-8,10-11,13-14H,9,12H2,1-4H3,(H,23,24). The quantitative estimate of drug-likeness (QED) is 0.701. The van der Waals surface area contributed by atoms with Crippen molar-refractivity contribution in [3.8, 4) is 11.5 Å². The number of carbonyl (C=O) groups excluding carboxylic acids is 1. The van der Waals surface area contributed by atoms with Crippen molar-refractivity contribution >= 4 is 17.5 Å². The Morgan fingerprint density at radius 2 is 1.96 bits per heavy atom. The molecule has 0 bridgehead atoms. The first-order valence-corrected chi connectivity index (χ1v) is 8.97. The Bertz CT molecular complexity index is 732. The smallest absolute Gasteiger partial charge is 0.224 e. The molecule has 1 N–H and O–H groups in total. The van der Waals surface area contributed by atoms with Crippen molar-refractivity contribution in [3.05, 3.63) is 52.8 Å². The Kier molecular flexibility index (Phi) is 7.27. The highest BCUT2D eigenvalue weighted by atomic mass is 35.5. The number of nitrogens with zero attached hydrogens (tertiary/aromatic N) is 1. The summed E-state index contributed by atoms with van der Waals surface area (Å²) in [4.78, 5) is 16.2. The van der Waals surface area contributed by atoms with Crippen LogP contribution in [0.1, 0.15) is 37.9 Å². The topological polar surface area (TPSA) is 60.5 Å². The van der Waals surface area contributed by atoms with Gasteiger partial charge in [-0.25, -0.2) is 4.98 Å². The number of nitrogens with one attached hydrogen (secondary N) is 1. The first-order chi connectivity index (χ1) is 12.4. The maximum absolute atomic E-state index is 12.3. The zero-order chi connectivity index (χ0) is 19.1. The van der Waals surface area contributed by atoms with Gasteiger partial charge in [0.05, 0.1) is 26.2 Å². The highest BCUT2D eigenvalue weighted by Gasteiger charge is 2.14. The number of hydrogen-bond acceptors (Lipinski definition) is 4. The molecule has 0 fully saturated rings. The third-order valence-corrected chi connectivity index (χ3v) is 4.01. The van der Waals surface area contributed by atoms with Gasteiger partial charge in [0.15, 0.2) is 11.5 Å². The minimum absolute atomic E-state index is 0.0827. The fraction of sp³-hybridized carbons (Fsp3) is 0.400. The van der Waals surface area contributed by atoms with Crippen LogP contribution in [0.5, 0.6) is 11.5 Å². The Labute approximate surface area is 159 Å². The first kappa shape index (κ1) is 20.0. The number of hydrogen-bond donors (Lipinski definition) is 1. The van der Waals surface area contributed by atoms with Gasteiger partial charge in [0.25, 0.3) is 0 Å². The number of ether oxygens (including phenoxy) is 2. The molecule has 5 nitrogen and oxygen atoms in total. The Hall–Kier alpha value is -2.27. The normalized spacial score (nSPS) is 11.9. The predicted molar refractivity (Wildman–Crippen MR) is 103 cm³/mol. The summed E-state index contributed by atoms with van der Waals surface area (Å²) in [6.07, 6.45) is 1.86. The van der Waals surface area contributed by atoms with Crippen LogP contribution in [0.3, 0.4) is 0 Å². The van der Waals surface area contributed by atoms with Gasteiger partial charge in [-0.15, -0.1) is 0 Å². The molecule has 1 aromatic heterocycles. The number of amides is 1. The van der Waals surface area contributed by atoms with E-state index in [2.05, 4.69) is 24.1 Å². The average Bonchev–Trinajstić information content (AvgIpc) is 2.61. The summed E-state index contributed by atoms with van der Waals surface area (Å²) >= 11 is 5.76. The lowest BCUT2D eigenvalue weighted by Crippen LogP contribution is -2.28. The molecule has 0 radical (unpaired) electrons. The summed E-state index contributed by atoms with van der Waals surface area (Å²) in [5, 5.41) is 3.40. The van der Waals surface area contributed by atoms with Crippen molar-refractivity contribution in [1.82, 2.24) is 10.3 Å². The summed E-state index contributed by atoms with van der Waals surface area (Å²) in [5.41, 5.74) is 1.76. The summed E-state index contributed by atoms with van der Waals surface area (Å²) in [6.45, 7) is 6.74. The lowest BCUT2D eigenvalue weighted by molar-refractivity contribution is -0.121. The maximum Gasteiger partial charge on any atom is 0.224 e. The van der Waals surface area contributed by atoms with Gasteiger partial charge in [-0.2, -0.15) is 0 Å². The Morgan fingerprint density at radius 1 is 1.19 bits per heavy atom. The number of rotatable bonds is 8. The van der Waals surface area contributed by atoms with Crippen LogP contribution in [0.2, 0.25) is 5.15 Å². The van der Waals surface area contributed by atoms with Crippen LogP contribution >= 0.6 is 11.6 Å². The molecule has 140 valence electrons. The molecule has 6 heteroatoms. The van der Waals surface area contributed by atoms with Crippen LogP contribution in [0.15, 0.2) is 36.5 Å². The summed E-state index contributed by atoms with van der Waals surface area (Å²) in [7, 11) is 1.61. The van der Waals surface area contributed by atoms with Gasteiger partial charge in [0.1, 0.15) is 5.15 Å². The van der Waals surface area contributed by atoms with E-state index in [0.29, 0.717) is 29.2 Å². The van der Waals surface area contributed by atoms with E-state index in [-0.39, 0.29) is 18.4 Å². The van der Waals surface area contributed by atoms with E-state index in [1.54, 1.807) is 25.4 Å². The molecule has 26 heavy (non-hydrogen) atoms. The number of methoxy groups -OCH3 is 1. The maximum atomic E-state index is 12.3. The number of pyridine rings is 1. The van der Waals surface area contributed by atoms with Gasteiger partial charge >= 0.3 is 0 Å². The second-order valence-electron chi connectivity index (χ2n) is 6.57. The van der Waals surface area contributed by atoms with Gasteiger partial charge in [-0.3, -0.25) is 4.79 Å². The number of aromatic nitrogens is 1. The Balaban J connectivity index is 2.00. The summed E-state index contributed by atoms with van der Waals surface area (Å²) in [6, 6.07) is 9.02. The van der Waals surface area contributed by atoms with E-state index in [1.165, 1.54) is 0 Å². The van der Waals surface area contributed by atoms with Crippen molar-refractivity contribution in [3.63, 3.8) is 0 Å². The number of carbonyl (C=O) groups is 1. The van der Waals surface area contributed by atoms with Crippen LogP contribution in [-0.2, 0) is 11.2 Å². The van der Waals surface area contributed by atoms with Crippen molar-refractivity contribution in [2.45, 2.75) is 33.2 Å². The van der Waals surface area contributed by atoms with Gasteiger partial charge in [-0.05, 0) is 42.2 Å². The number of benzene rings is 1. The van der Waals surface area contributed by atoms with Crippen molar-refractivity contribution < 1.29 is 14.3 Å². The second-order valence-corrected chi connectivity index (χ2v) is 6.96. The SMILES string of the molecule is COc1cc(C(C)NC(=O)Cc2ccc(Cl)nc2)ccc1OCC(C)C.